The number of benzene rings is 1. The minimum Gasteiger partial charge on any atom is -0.467 e. The Morgan fingerprint density at radius 3 is 2.73 bits per heavy atom. The van der Waals surface area contributed by atoms with Gasteiger partial charge < -0.3 is 10.1 Å². The van der Waals surface area contributed by atoms with Gasteiger partial charge in [0.05, 0.1) is 12.0 Å². The van der Waals surface area contributed by atoms with E-state index < -0.39 is 12.0 Å². The van der Waals surface area contributed by atoms with E-state index >= 15 is 0 Å². The average Bonchev–Trinajstić information content (AvgIpc) is 3.20. The number of methoxy groups -OCH3 is 1. The molecular weight excluding hydrogens is 318 g/mol. The van der Waals surface area contributed by atoms with Gasteiger partial charge in [-0.25, -0.2) is 4.79 Å². The number of esters is 1. The quantitative estimate of drug-likeness (QED) is 0.743. The third-order valence-electron chi connectivity index (χ3n) is 3.24. The summed E-state index contributed by atoms with van der Waals surface area (Å²) >= 11 is 2.87. The number of ether oxygens (including phenoxy) is 1. The number of hydrogen-bond donors (Lipinski definition) is 1. The van der Waals surface area contributed by atoms with Gasteiger partial charge in [-0.3, -0.25) is 4.79 Å². The Labute approximate surface area is 135 Å². The third-order valence-corrected chi connectivity index (χ3v) is 5.05. The number of carbonyl (C=O) groups excluding carboxylic acids is 2. The fourth-order valence-electron chi connectivity index (χ4n) is 2.13. The van der Waals surface area contributed by atoms with Gasteiger partial charge in [0.25, 0.3) is 5.91 Å². The molecule has 0 aliphatic rings. The monoisotopic (exact) mass is 331 g/mol. The lowest BCUT2D eigenvalue weighted by Crippen LogP contribution is -2.33. The van der Waals surface area contributed by atoms with E-state index in [1.54, 1.807) is 6.07 Å². The first kappa shape index (κ1) is 14.7. The molecule has 1 amide bonds. The molecule has 0 saturated heterocycles. The number of amides is 1. The molecule has 0 radical (unpaired) electrons. The predicted octanol–water partition coefficient (Wildman–Crippen LogP) is 3.61. The lowest BCUT2D eigenvalue weighted by Gasteiger charge is -2.14. The van der Waals surface area contributed by atoms with Crippen LogP contribution in [0.1, 0.15) is 21.3 Å². The molecule has 0 aliphatic heterocycles. The highest BCUT2D eigenvalue weighted by atomic mass is 32.1. The van der Waals surface area contributed by atoms with Gasteiger partial charge in [-0.2, -0.15) is 11.3 Å². The van der Waals surface area contributed by atoms with Crippen LogP contribution >= 0.6 is 22.7 Å². The van der Waals surface area contributed by atoms with Crippen LogP contribution in [0.5, 0.6) is 0 Å². The summed E-state index contributed by atoms with van der Waals surface area (Å²) in [5.41, 5.74) is 0.728. The summed E-state index contributed by atoms with van der Waals surface area (Å²) in [6.45, 7) is 0. The number of rotatable bonds is 4. The average molecular weight is 331 g/mol. The van der Waals surface area contributed by atoms with E-state index in [0.29, 0.717) is 4.88 Å². The van der Waals surface area contributed by atoms with Gasteiger partial charge >= 0.3 is 5.97 Å². The van der Waals surface area contributed by atoms with Crippen LogP contribution in [0.15, 0.2) is 47.2 Å². The highest BCUT2D eigenvalue weighted by molar-refractivity contribution is 7.20. The molecule has 4 nitrogen and oxygen atoms in total. The van der Waals surface area contributed by atoms with Gasteiger partial charge in [0.2, 0.25) is 0 Å². The third kappa shape index (κ3) is 2.88. The van der Waals surface area contributed by atoms with Crippen molar-refractivity contribution in [3.8, 4) is 0 Å². The largest absolute Gasteiger partial charge is 0.467 e. The van der Waals surface area contributed by atoms with Crippen LogP contribution in [-0.2, 0) is 9.53 Å². The van der Waals surface area contributed by atoms with Crippen LogP contribution in [0.3, 0.4) is 0 Å². The summed E-state index contributed by atoms with van der Waals surface area (Å²) < 4.78 is 5.83. The van der Waals surface area contributed by atoms with E-state index in [9.17, 15) is 9.59 Å². The summed E-state index contributed by atoms with van der Waals surface area (Å²) in [5, 5.41) is 7.45. The van der Waals surface area contributed by atoms with Crippen molar-refractivity contribution < 1.29 is 14.3 Å². The molecule has 0 spiro atoms. The van der Waals surface area contributed by atoms with Crippen molar-refractivity contribution in [2.24, 2.45) is 0 Å². The highest BCUT2D eigenvalue weighted by Crippen LogP contribution is 2.26. The molecule has 22 heavy (non-hydrogen) atoms. The van der Waals surface area contributed by atoms with Crippen LogP contribution in [-0.4, -0.2) is 19.0 Å². The van der Waals surface area contributed by atoms with Crippen molar-refractivity contribution in [2.45, 2.75) is 6.04 Å². The molecule has 1 atom stereocenters. The summed E-state index contributed by atoms with van der Waals surface area (Å²) in [4.78, 5) is 24.9. The minimum absolute atomic E-state index is 0.275. The normalized spacial score (nSPS) is 12.0. The maximum Gasteiger partial charge on any atom is 0.333 e. The molecule has 0 aliphatic carbocycles. The molecule has 0 fully saturated rings. The molecule has 1 aromatic carbocycles. The standard InChI is InChI=1S/C16H13NO3S2/c1-20-16(19)14(11-6-7-21-9-11)17-15(18)13-8-10-4-2-3-5-12(10)22-13/h2-9,14H,1H3,(H,17,18). The van der Waals surface area contributed by atoms with Crippen LogP contribution in [0.4, 0.5) is 0 Å². The van der Waals surface area contributed by atoms with E-state index in [0.717, 1.165) is 15.6 Å². The highest BCUT2D eigenvalue weighted by Gasteiger charge is 2.25. The van der Waals surface area contributed by atoms with Crippen molar-refractivity contribution >= 4 is 44.6 Å². The number of nitrogens with one attached hydrogen (secondary N) is 1. The smallest absolute Gasteiger partial charge is 0.333 e. The van der Waals surface area contributed by atoms with Gasteiger partial charge in [-0.15, -0.1) is 11.3 Å². The summed E-state index contributed by atoms with van der Waals surface area (Å²) in [7, 11) is 1.31. The molecular formula is C16H13NO3S2. The van der Waals surface area contributed by atoms with Crippen molar-refractivity contribution in [3.05, 3.63) is 57.6 Å². The number of fused-ring (bicyclic) bond motifs is 1. The van der Waals surface area contributed by atoms with E-state index in [4.69, 9.17) is 4.74 Å². The Morgan fingerprint density at radius 2 is 2.05 bits per heavy atom. The SMILES string of the molecule is COC(=O)C(NC(=O)c1cc2ccccc2s1)c1ccsc1. The second-order valence-electron chi connectivity index (χ2n) is 4.63. The first-order chi connectivity index (χ1) is 10.7. The topological polar surface area (TPSA) is 55.4 Å². The predicted molar refractivity (Wildman–Crippen MR) is 88.4 cm³/mol. The second-order valence-corrected chi connectivity index (χ2v) is 6.50. The van der Waals surface area contributed by atoms with E-state index in [1.165, 1.54) is 29.8 Å². The summed E-state index contributed by atoms with van der Waals surface area (Å²) in [5.74, 6) is -0.754. The maximum atomic E-state index is 12.4. The summed E-state index contributed by atoms with van der Waals surface area (Å²) in [6.07, 6.45) is 0. The van der Waals surface area contributed by atoms with Crippen LogP contribution in [0.2, 0.25) is 0 Å². The Balaban J connectivity index is 1.86. The fraction of sp³-hybridized carbons (Fsp3) is 0.125. The van der Waals surface area contributed by atoms with Crippen molar-refractivity contribution in [2.75, 3.05) is 7.11 Å². The Bertz CT molecular complexity index is 775. The van der Waals surface area contributed by atoms with E-state index in [1.807, 2.05) is 41.1 Å². The molecule has 0 bridgehead atoms. The lowest BCUT2D eigenvalue weighted by molar-refractivity contribution is -0.143. The number of thiophene rings is 2. The van der Waals surface area contributed by atoms with Gasteiger partial charge in [0.15, 0.2) is 6.04 Å². The first-order valence-electron chi connectivity index (χ1n) is 6.58. The van der Waals surface area contributed by atoms with Crippen molar-refractivity contribution in [1.29, 1.82) is 0 Å². The van der Waals surface area contributed by atoms with Gasteiger partial charge in [-0.05, 0) is 39.9 Å². The van der Waals surface area contributed by atoms with Gasteiger partial charge in [0, 0.05) is 4.70 Å². The van der Waals surface area contributed by atoms with Crippen molar-refractivity contribution in [3.63, 3.8) is 0 Å². The molecule has 1 unspecified atom stereocenters. The molecule has 3 rings (SSSR count). The molecule has 2 heterocycles. The lowest BCUT2D eigenvalue weighted by atomic mass is 10.1. The zero-order chi connectivity index (χ0) is 15.5. The first-order valence-corrected chi connectivity index (χ1v) is 8.34. The maximum absolute atomic E-state index is 12.4. The van der Waals surface area contributed by atoms with Crippen LogP contribution < -0.4 is 5.32 Å². The Kier molecular flexibility index (Phi) is 4.22. The number of carbonyl (C=O) groups is 2. The molecule has 0 saturated carbocycles. The van der Waals surface area contributed by atoms with E-state index in [2.05, 4.69) is 5.32 Å². The zero-order valence-electron chi connectivity index (χ0n) is 11.7. The molecule has 1 N–H and O–H groups in total. The van der Waals surface area contributed by atoms with E-state index in [-0.39, 0.29) is 5.91 Å². The molecule has 112 valence electrons. The Morgan fingerprint density at radius 1 is 1.23 bits per heavy atom. The second kappa shape index (κ2) is 6.29. The molecule has 3 aromatic rings. The molecule has 6 heteroatoms. The Hall–Kier alpha value is -2.18. The fourth-order valence-corrected chi connectivity index (χ4v) is 3.78. The van der Waals surface area contributed by atoms with Gasteiger partial charge in [0.1, 0.15) is 0 Å². The minimum atomic E-state index is -0.783. The van der Waals surface area contributed by atoms with Crippen LogP contribution in [0.25, 0.3) is 10.1 Å². The van der Waals surface area contributed by atoms with Crippen molar-refractivity contribution in [1.82, 2.24) is 5.32 Å². The number of hydrogen-bond acceptors (Lipinski definition) is 5. The molecule has 2 aromatic heterocycles. The zero-order valence-corrected chi connectivity index (χ0v) is 13.4. The summed E-state index contributed by atoms with van der Waals surface area (Å²) in [6, 6.07) is 10.6. The van der Waals surface area contributed by atoms with Gasteiger partial charge in [-0.1, -0.05) is 18.2 Å². The van der Waals surface area contributed by atoms with Crippen LogP contribution in [0, 0.1) is 0 Å².